The molecule has 0 bridgehead atoms. The number of aromatic nitrogens is 1. The average molecular weight is 339 g/mol. The predicted octanol–water partition coefficient (Wildman–Crippen LogP) is 2.93. The van der Waals surface area contributed by atoms with Gasteiger partial charge in [0.25, 0.3) is 11.8 Å². The minimum absolute atomic E-state index is 0.0782. The molecular formula is C20H25N3O2. The topological polar surface area (TPSA) is 62.3 Å². The van der Waals surface area contributed by atoms with Crippen LogP contribution >= 0.6 is 0 Å². The predicted molar refractivity (Wildman–Crippen MR) is 98.6 cm³/mol. The van der Waals surface area contributed by atoms with Crippen molar-refractivity contribution in [2.75, 3.05) is 19.6 Å². The van der Waals surface area contributed by atoms with Crippen LogP contribution in [0.2, 0.25) is 0 Å². The molecule has 2 aromatic rings. The maximum Gasteiger partial charge on any atom is 0.269 e. The number of carbonyl (C=O) groups is 2. The van der Waals surface area contributed by atoms with Crippen molar-refractivity contribution < 1.29 is 9.59 Å². The molecule has 1 aromatic heterocycles. The number of nitrogens with one attached hydrogen (secondary N) is 1. The number of aryl methyl sites for hydroxylation is 1. The molecule has 0 atom stereocenters. The highest BCUT2D eigenvalue weighted by Crippen LogP contribution is 2.07. The first-order valence-corrected chi connectivity index (χ1v) is 8.73. The number of amides is 2. The monoisotopic (exact) mass is 339 g/mol. The number of hydrogen-bond acceptors (Lipinski definition) is 3. The zero-order chi connectivity index (χ0) is 18.1. The molecule has 0 saturated heterocycles. The van der Waals surface area contributed by atoms with Crippen LogP contribution in [0.1, 0.15) is 46.7 Å². The molecular weight excluding hydrogens is 314 g/mol. The summed E-state index contributed by atoms with van der Waals surface area (Å²) in [5, 5.41) is 2.87. The van der Waals surface area contributed by atoms with E-state index in [1.807, 2.05) is 32.0 Å². The second kappa shape index (κ2) is 9.57. The first-order valence-electron chi connectivity index (χ1n) is 8.73. The molecule has 0 unspecified atom stereocenters. The lowest BCUT2D eigenvalue weighted by molar-refractivity contribution is 0.0773. The van der Waals surface area contributed by atoms with Crippen molar-refractivity contribution >= 4 is 11.8 Å². The van der Waals surface area contributed by atoms with Crippen LogP contribution in [-0.2, 0) is 6.42 Å². The zero-order valence-electron chi connectivity index (χ0n) is 14.9. The van der Waals surface area contributed by atoms with Gasteiger partial charge in [-0.05, 0) is 44.4 Å². The van der Waals surface area contributed by atoms with Gasteiger partial charge in [0.15, 0.2) is 0 Å². The SMILES string of the molecule is CCN(CC)C(=O)c1ccnc(C(=O)NCCCc2ccccc2)c1. The minimum Gasteiger partial charge on any atom is -0.351 e. The number of carbonyl (C=O) groups excluding carboxylic acids is 2. The summed E-state index contributed by atoms with van der Waals surface area (Å²) in [5.41, 5.74) is 2.02. The van der Waals surface area contributed by atoms with Crippen molar-refractivity contribution in [2.24, 2.45) is 0 Å². The van der Waals surface area contributed by atoms with E-state index < -0.39 is 0 Å². The van der Waals surface area contributed by atoms with Gasteiger partial charge in [0.2, 0.25) is 0 Å². The van der Waals surface area contributed by atoms with Crippen molar-refractivity contribution in [3.05, 3.63) is 65.5 Å². The third kappa shape index (κ3) is 5.41. The molecule has 132 valence electrons. The van der Waals surface area contributed by atoms with Gasteiger partial charge in [-0.2, -0.15) is 0 Å². The maximum absolute atomic E-state index is 12.4. The van der Waals surface area contributed by atoms with Crippen LogP contribution in [0.5, 0.6) is 0 Å². The summed E-state index contributed by atoms with van der Waals surface area (Å²) in [6, 6.07) is 13.4. The third-order valence-corrected chi connectivity index (χ3v) is 4.06. The Balaban J connectivity index is 1.89. The molecule has 2 amide bonds. The van der Waals surface area contributed by atoms with Gasteiger partial charge in [0.05, 0.1) is 0 Å². The Morgan fingerprint density at radius 3 is 2.48 bits per heavy atom. The summed E-state index contributed by atoms with van der Waals surface area (Å²) in [6.07, 6.45) is 3.28. The summed E-state index contributed by atoms with van der Waals surface area (Å²) in [5.74, 6) is -0.326. The van der Waals surface area contributed by atoms with Gasteiger partial charge < -0.3 is 10.2 Å². The third-order valence-electron chi connectivity index (χ3n) is 4.06. The second-order valence-electron chi connectivity index (χ2n) is 5.75. The largest absolute Gasteiger partial charge is 0.351 e. The second-order valence-corrected chi connectivity index (χ2v) is 5.75. The van der Waals surface area contributed by atoms with Gasteiger partial charge >= 0.3 is 0 Å². The molecule has 0 radical (unpaired) electrons. The normalized spacial score (nSPS) is 10.3. The van der Waals surface area contributed by atoms with Crippen molar-refractivity contribution in [2.45, 2.75) is 26.7 Å². The summed E-state index contributed by atoms with van der Waals surface area (Å²) in [6.45, 7) is 5.72. The molecule has 5 nitrogen and oxygen atoms in total. The van der Waals surface area contributed by atoms with E-state index in [9.17, 15) is 9.59 Å². The van der Waals surface area contributed by atoms with Crippen LogP contribution in [0.4, 0.5) is 0 Å². The van der Waals surface area contributed by atoms with Crippen LogP contribution in [0, 0.1) is 0 Å². The van der Waals surface area contributed by atoms with E-state index >= 15 is 0 Å². The lowest BCUT2D eigenvalue weighted by atomic mass is 10.1. The molecule has 0 aliphatic heterocycles. The van der Waals surface area contributed by atoms with E-state index in [1.54, 1.807) is 17.0 Å². The Bertz CT molecular complexity index is 697. The summed E-state index contributed by atoms with van der Waals surface area (Å²) in [7, 11) is 0. The molecule has 1 aromatic carbocycles. The van der Waals surface area contributed by atoms with E-state index in [-0.39, 0.29) is 17.5 Å². The highest BCUT2D eigenvalue weighted by Gasteiger charge is 2.15. The smallest absolute Gasteiger partial charge is 0.269 e. The van der Waals surface area contributed by atoms with Crippen molar-refractivity contribution in [1.29, 1.82) is 0 Å². The lowest BCUT2D eigenvalue weighted by Gasteiger charge is -2.18. The first-order chi connectivity index (χ1) is 12.2. The highest BCUT2D eigenvalue weighted by atomic mass is 16.2. The molecule has 0 saturated carbocycles. The zero-order valence-corrected chi connectivity index (χ0v) is 14.9. The van der Waals surface area contributed by atoms with Crippen molar-refractivity contribution in [3.63, 3.8) is 0 Å². The van der Waals surface area contributed by atoms with Gasteiger partial charge in [-0.1, -0.05) is 30.3 Å². The summed E-state index contributed by atoms with van der Waals surface area (Å²) < 4.78 is 0. The molecule has 25 heavy (non-hydrogen) atoms. The van der Waals surface area contributed by atoms with E-state index in [1.165, 1.54) is 11.8 Å². The van der Waals surface area contributed by atoms with E-state index in [4.69, 9.17) is 0 Å². The van der Waals surface area contributed by atoms with Gasteiger partial charge in [-0.15, -0.1) is 0 Å². The first kappa shape index (κ1) is 18.6. The summed E-state index contributed by atoms with van der Waals surface area (Å²) >= 11 is 0. The lowest BCUT2D eigenvalue weighted by Crippen LogP contribution is -2.31. The highest BCUT2D eigenvalue weighted by molar-refractivity contribution is 5.98. The van der Waals surface area contributed by atoms with Crippen LogP contribution < -0.4 is 5.32 Å². The van der Waals surface area contributed by atoms with Gasteiger partial charge in [-0.3, -0.25) is 14.6 Å². The van der Waals surface area contributed by atoms with Crippen LogP contribution in [0.15, 0.2) is 48.7 Å². The van der Waals surface area contributed by atoms with Crippen molar-refractivity contribution in [3.8, 4) is 0 Å². The molecule has 0 spiro atoms. The van der Waals surface area contributed by atoms with Gasteiger partial charge in [-0.25, -0.2) is 0 Å². The van der Waals surface area contributed by atoms with Gasteiger partial charge in [0.1, 0.15) is 5.69 Å². The van der Waals surface area contributed by atoms with Crippen molar-refractivity contribution in [1.82, 2.24) is 15.2 Å². The Morgan fingerprint density at radius 2 is 1.80 bits per heavy atom. The Kier molecular flexibility index (Phi) is 7.14. The average Bonchev–Trinajstić information content (AvgIpc) is 2.67. The molecule has 0 aliphatic carbocycles. The molecule has 0 fully saturated rings. The van der Waals surface area contributed by atoms with Gasteiger partial charge in [0, 0.05) is 31.4 Å². The van der Waals surface area contributed by atoms with Crippen LogP contribution in [-0.4, -0.2) is 41.3 Å². The fraction of sp³-hybridized carbons (Fsp3) is 0.350. The minimum atomic E-state index is -0.248. The molecule has 2 rings (SSSR count). The maximum atomic E-state index is 12.4. The number of pyridine rings is 1. The van der Waals surface area contributed by atoms with E-state index in [0.717, 1.165) is 12.8 Å². The standard InChI is InChI=1S/C20H25N3O2/c1-3-23(4-2)20(25)17-12-14-21-18(15-17)19(24)22-13-8-11-16-9-6-5-7-10-16/h5-7,9-10,12,14-15H,3-4,8,11,13H2,1-2H3,(H,22,24). The van der Waals surface area contributed by atoms with E-state index in [0.29, 0.717) is 25.2 Å². The number of nitrogens with zero attached hydrogens (tertiary/aromatic N) is 2. The quantitative estimate of drug-likeness (QED) is 0.752. The fourth-order valence-electron chi connectivity index (χ4n) is 2.61. The fourth-order valence-corrected chi connectivity index (χ4v) is 2.61. The molecule has 5 heteroatoms. The molecule has 1 N–H and O–H groups in total. The van der Waals surface area contributed by atoms with Crippen LogP contribution in [0.25, 0.3) is 0 Å². The molecule has 1 heterocycles. The Labute approximate surface area is 149 Å². The summed E-state index contributed by atoms with van der Waals surface area (Å²) in [4.78, 5) is 30.4. The number of rotatable bonds is 8. The number of benzene rings is 1. The molecule has 0 aliphatic rings. The van der Waals surface area contributed by atoms with E-state index in [2.05, 4.69) is 22.4 Å². The number of hydrogen-bond donors (Lipinski definition) is 1. The Hall–Kier alpha value is -2.69. The Morgan fingerprint density at radius 1 is 1.08 bits per heavy atom. The van der Waals surface area contributed by atoms with Crippen LogP contribution in [0.3, 0.4) is 0 Å².